The topological polar surface area (TPSA) is 109 Å². The maximum atomic E-state index is 13.3. The van der Waals surface area contributed by atoms with Crippen LogP contribution in [0, 0.1) is 5.82 Å². The molecule has 2 fully saturated rings. The highest BCUT2D eigenvalue weighted by molar-refractivity contribution is 5.96. The number of carbonyl (C=O) groups excluding carboxylic acids is 2. The maximum absolute atomic E-state index is 13.3. The molecule has 2 aliphatic heterocycles. The lowest BCUT2D eigenvalue weighted by Gasteiger charge is -2.36. The fraction of sp³-hybridized carbons (Fsp3) is 0.333. The molecule has 2 aromatic heterocycles. The number of halogens is 1. The summed E-state index contributed by atoms with van der Waals surface area (Å²) in [5.41, 5.74) is 2.92. The van der Waals surface area contributed by atoms with E-state index in [0.29, 0.717) is 55.6 Å². The van der Waals surface area contributed by atoms with Crippen molar-refractivity contribution < 1.29 is 14.0 Å². The van der Waals surface area contributed by atoms with Crippen molar-refractivity contribution >= 4 is 45.7 Å². The first kappa shape index (κ1) is 26.7. The molecule has 0 bridgehead atoms. The number of H-pyrrole nitrogens is 1. The first-order valence-corrected chi connectivity index (χ1v) is 14.0. The number of fused-ring (bicyclic) bond motifs is 1. The fourth-order valence-corrected chi connectivity index (χ4v) is 5.43. The number of carbonyl (C=O) groups is 2. The average molecular weight is 557 g/mol. The van der Waals surface area contributed by atoms with E-state index < -0.39 is 0 Å². The van der Waals surface area contributed by atoms with E-state index in [1.807, 2.05) is 30.3 Å². The molecule has 6 rings (SSSR count). The van der Waals surface area contributed by atoms with Crippen LogP contribution in [0.1, 0.15) is 29.6 Å². The second-order valence-electron chi connectivity index (χ2n) is 10.5. The van der Waals surface area contributed by atoms with Crippen LogP contribution < -0.4 is 15.5 Å². The number of nitrogens with zero attached hydrogens (tertiary/aromatic N) is 5. The second kappa shape index (κ2) is 11.9. The van der Waals surface area contributed by atoms with Crippen molar-refractivity contribution in [3.8, 4) is 0 Å². The molecule has 212 valence electrons. The summed E-state index contributed by atoms with van der Waals surface area (Å²) < 4.78 is 13.3. The van der Waals surface area contributed by atoms with Gasteiger partial charge in [-0.3, -0.25) is 19.6 Å². The number of anilines is 4. The third-order valence-corrected chi connectivity index (χ3v) is 7.64. The van der Waals surface area contributed by atoms with E-state index in [2.05, 4.69) is 30.6 Å². The van der Waals surface area contributed by atoms with Gasteiger partial charge in [0.05, 0.1) is 23.9 Å². The smallest absolute Gasteiger partial charge is 0.253 e. The van der Waals surface area contributed by atoms with Crippen molar-refractivity contribution in [2.24, 2.45) is 0 Å². The zero-order valence-electron chi connectivity index (χ0n) is 22.8. The van der Waals surface area contributed by atoms with Crippen molar-refractivity contribution in [3.63, 3.8) is 0 Å². The van der Waals surface area contributed by atoms with E-state index in [-0.39, 0.29) is 17.6 Å². The van der Waals surface area contributed by atoms with Gasteiger partial charge < -0.3 is 20.4 Å². The summed E-state index contributed by atoms with van der Waals surface area (Å²) in [7, 11) is 0. The number of benzene rings is 2. The summed E-state index contributed by atoms with van der Waals surface area (Å²) in [5, 5.41) is 14.5. The molecule has 41 heavy (non-hydrogen) atoms. The molecule has 4 heterocycles. The molecular weight excluding hydrogens is 523 g/mol. The maximum Gasteiger partial charge on any atom is 0.253 e. The van der Waals surface area contributed by atoms with Crippen molar-refractivity contribution in [1.82, 2.24) is 25.0 Å². The number of hydrogen-bond acceptors (Lipinski definition) is 7. The van der Waals surface area contributed by atoms with Crippen molar-refractivity contribution in [3.05, 3.63) is 72.2 Å². The van der Waals surface area contributed by atoms with Crippen LogP contribution in [0.2, 0.25) is 0 Å². The van der Waals surface area contributed by atoms with Crippen LogP contribution in [0.4, 0.5) is 27.4 Å². The molecule has 2 amide bonds. The van der Waals surface area contributed by atoms with Crippen molar-refractivity contribution in [1.29, 1.82) is 0 Å². The van der Waals surface area contributed by atoms with Crippen molar-refractivity contribution in [2.45, 2.75) is 19.3 Å². The molecule has 2 aromatic carbocycles. The minimum atomic E-state index is -0.370. The lowest BCUT2D eigenvalue weighted by Crippen LogP contribution is -2.49. The fourth-order valence-electron chi connectivity index (χ4n) is 5.43. The third-order valence-electron chi connectivity index (χ3n) is 7.64. The van der Waals surface area contributed by atoms with Gasteiger partial charge in [0.1, 0.15) is 11.6 Å². The Morgan fingerprint density at radius 2 is 1.68 bits per heavy atom. The lowest BCUT2D eigenvalue weighted by atomic mass is 10.1. The van der Waals surface area contributed by atoms with Crippen LogP contribution in [0.5, 0.6) is 0 Å². The molecule has 2 aliphatic rings. The highest BCUT2D eigenvalue weighted by Gasteiger charge is 2.25. The molecular formula is C30H33FN8O2. The molecule has 0 unspecified atom stereocenters. The predicted molar refractivity (Wildman–Crippen MR) is 157 cm³/mol. The van der Waals surface area contributed by atoms with Gasteiger partial charge in [-0.05, 0) is 80.5 Å². The Labute approximate surface area is 237 Å². The van der Waals surface area contributed by atoms with Gasteiger partial charge in [0.2, 0.25) is 5.91 Å². The zero-order chi connectivity index (χ0) is 28.2. The van der Waals surface area contributed by atoms with E-state index >= 15 is 0 Å². The van der Waals surface area contributed by atoms with E-state index in [1.165, 1.54) is 30.7 Å². The molecule has 0 radical (unpaired) electrons. The molecule has 0 atom stereocenters. The number of likely N-dealkylation sites (tertiary alicyclic amines) is 1. The number of amides is 2. The number of pyridine rings is 1. The van der Waals surface area contributed by atoms with Crippen LogP contribution in [0.25, 0.3) is 10.9 Å². The SMILES string of the molecule is O=C(CN1CCCCC1)Nc1ccc(Nc2ccc3[nH]ncc3c2)nc1N1CCN(C(=O)c2ccc(F)cc2)CC1. The van der Waals surface area contributed by atoms with Crippen LogP contribution >= 0.6 is 0 Å². The molecule has 10 nitrogen and oxygen atoms in total. The summed E-state index contributed by atoms with van der Waals surface area (Å²) in [6.45, 7) is 4.27. The van der Waals surface area contributed by atoms with Crippen molar-refractivity contribution in [2.75, 3.05) is 61.3 Å². The molecule has 0 saturated carbocycles. The third kappa shape index (κ3) is 6.30. The van der Waals surface area contributed by atoms with Gasteiger partial charge in [-0.25, -0.2) is 9.37 Å². The number of rotatable bonds is 7. The van der Waals surface area contributed by atoms with E-state index in [4.69, 9.17) is 4.98 Å². The number of piperidine rings is 1. The number of aromatic amines is 1. The van der Waals surface area contributed by atoms with Gasteiger partial charge >= 0.3 is 0 Å². The quantitative estimate of drug-likeness (QED) is 0.313. The normalized spacial score (nSPS) is 16.1. The Bertz CT molecular complexity index is 1530. The summed E-state index contributed by atoms with van der Waals surface area (Å²) in [6, 6.07) is 15.3. The van der Waals surface area contributed by atoms with Gasteiger partial charge in [0.25, 0.3) is 5.91 Å². The lowest BCUT2D eigenvalue weighted by molar-refractivity contribution is -0.117. The number of piperazine rings is 1. The molecule has 3 N–H and O–H groups in total. The first-order valence-electron chi connectivity index (χ1n) is 14.0. The van der Waals surface area contributed by atoms with Gasteiger partial charge in [-0.15, -0.1) is 0 Å². The molecule has 4 aromatic rings. The number of nitrogens with one attached hydrogen (secondary N) is 3. The summed E-state index contributed by atoms with van der Waals surface area (Å²) in [6.07, 6.45) is 5.22. The predicted octanol–water partition coefficient (Wildman–Crippen LogP) is 4.23. The summed E-state index contributed by atoms with van der Waals surface area (Å²) in [5.74, 6) is 0.733. The largest absolute Gasteiger partial charge is 0.351 e. The summed E-state index contributed by atoms with van der Waals surface area (Å²) >= 11 is 0. The Hall–Kier alpha value is -4.51. The highest BCUT2D eigenvalue weighted by atomic mass is 19.1. The Kier molecular flexibility index (Phi) is 7.77. The number of aromatic nitrogens is 3. The highest BCUT2D eigenvalue weighted by Crippen LogP contribution is 2.29. The Morgan fingerprint density at radius 1 is 0.902 bits per heavy atom. The first-order chi connectivity index (χ1) is 20.0. The minimum Gasteiger partial charge on any atom is -0.351 e. The van der Waals surface area contributed by atoms with E-state index in [0.717, 1.165) is 42.5 Å². The number of hydrogen-bond donors (Lipinski definition) is 3. The van der Waals surface area contributed by atoms with Crippen LogP contribution in [-0.4, -0.2) is 82.6 Å². The molecule has 0 spiro atoms. The second-order valence-corrected chi connectivity index (χ2v) is 10.5. The van der Waals surface area contributed by atoms with Gasteiger partial charge in [0, 0.05) is 42.8 Å². The van der Waals surface area contributed by atoms with Crippen LogP contribution in [-0.2, 0) is 4.79 Å². The standard InChI is InChI=1S/C30H33FN8O2/c31-23-6-4-21(5-7-23)30(41)39-16-14-38(15-17-39)29-26(34-28(40)20-37-12-2-1-3-13-37)10-11-27(35-29)33-24-8-9-25-22(18-24)19-32-36-25/h4-11,18-19H,1-3,12-17,20H2,(H,32,36)(H,33,35)(H,34,40). The minimum absolute atomic E-state index is 0.0637. The van der Waals surface area contributed by atoms with Crippen LogP contribution in [0.3, 0.4) is 0 Å². The van der Waals surface area contributed by atoms with E-state index in [9.17, 15) is 14.0 Å². The van der Waals surface area contributed by atoms with Gasteiger partial charge in [-0.2, -0.15) is 5.10 Å². The molecule has 11 heteroatoms. The Balaban J connectivity index is 1.20. The Morgan fingerprint density at radius 3 is 2.46 bits per heavy atom. The summed E-state index contributed by atoms with van der Waals surface area (Å²) in [4.78, 5) is 36.9. The molecule has 2 saturated heterocycles. The monoisotopic (exact) mass is 556 g/mol. The van der Waals surface area contributed by atoms with Gasteiger partial charge in [0.15, 0.2) is 5.82 Å². The average Bonchev–Trinajstić information content (AvgIpc) is 3.47. The van der Waals surface area contributed by atoms with Gasteiger partial charge in [-0.1, -0.05) is 6.42 Å². The molecule has 0 aliphatic carbocycles. The van der Waals surface area contributed by atoms with Crippen LogP contribution in [0.15, 0.2) is 60.8 Å². The zero-order valence-corrected chi connectivity index (χ0v) is 22.8. The van der Waals surface area contributed by atoms with E-state index in [1.54, 1.807) is 11.1 Å².